The number of nitrogens with zero attached hydrogens (tertiary/aromatic N) is 1. The zero-order valence-corrected chi connectivity index (χ0v) is 7.31. The first kappa shape index (κ1) is 8.34. The van der Waals surface area contributed by atoms with Gasteiger partial charge in [0.15, 0.2) is 0 Å². The fourth-order valence-electron chi connectivity index (χ4n) is 0.869. The largest absolute Gasteiger partial charge is 0.506 e. The minimum atomic E-state index is 0.159. The monoisotopic (exact) mass is 171 g/mol. The average molecular weight is 172 g/mol. The minimum absolute atomic E-state index is 0.159. The first-order chi connectivity index (χ1) is 5.15. The highest BCUT2D eigenvalue weighted by atomic mass is 35.5. The molecule has 0 aliphatic heterocycles. The minimum Gasteiger partial charge on any atom is -0.506 e. The van der Waals surface area contributed by atoms with Crippen molar-refractivity contribution in [1.29, 1.82) is 0 Å². The zero-order chi connectivity index (χ0) is 8.43. The fraction of sp³-hybridized carbons (Fsp3) is 0.375. The van der Waals surface area contributed by atoms with Crippen LogP contribution in [0.3, 0.4) is 0 Å². The molecule has 0 bridgehead atoms. The summed E-state index contributed by atoms with van der Waals surface area (Å²) in [7, 11) is 0. The molecule has 1 aromatic heterocycles. The normalized spacial score (nSPS) is 10.1. The van der Waals surface area contributed by atoms with Gasteiger partial charge in [0, 0.05) is 6.07 Å². The Morgan fingerprint density at radius 2 is 2.27 bits per heavy atom. The van der Waals surface area contributed by atoms with Crippen LogP contribution in [0.2, 0.25) is 5.02 Å². The van der Waals surface area contributed by atoms with E-state index in [1.807, 2.05) is 6.92 Å². The van der Waals surface area contributed by atoms with Gasteiger partial charge in [-0.05, 0) is 13.3 Å². The van der Waals surface area contributed by atoms with E-state index in [0.29, 0.717) is 10.7 Å². The summed E-state index contributed by atoms with van der Waals surface area (Å²) < 4.78 is 0. The highest BCUT2D eigenvalue weighted by Gasteiger charge is 2.03. The van der Waals surface area contributed by atoms with Crippen molar-refractivity contribution >= 4 is 11.6 Å². The lowest BCUT2D eigenvalue weighted by molar-refractivity contribution is 0.467. The number of aromatic hydroxyl groups is 1. The van der Waals surface area contributed by atoms with Crippen molar-refractivity contribution in [3.63, 3.8) is 0 Å². The van der Waals surface area contributed by atoms with Crippen LogP contribution in [0.25, 0.3) is 0 Å². The van der Waals surface area contributed by atoms with Crippen molar-refractivity contribution in [3.8, 4) is 5.75 Å². The summed E-state index contributed by atoms with van der Waals surface area (Å²) in [5, 5.41) is 9.71. The van der Waals surface area contributed by atoms with Gasteiger partial charge in [-0.25, -0.2) is 0 Å². The summed E-state index contributed by atoms with van der Waals surface area (Å²) in [5.74, 6) is 0.159. The summed E-state index contributed by atoms with van der Waals surface area (Å²) in [5.41, 5.74) is 1.47. The Hall–Kier alpha value is -0.760. The van der Waals surface area contributed by atoms with Crippen molar-refractivity contribution in [3.05, 3.63) is 22.5 Å². The van der Waals surface area contributed by atoms with E-state index < -0.39 is 0 Å². The van der Waals surface area contributed by atoms with Crippen LogP contribution in [-0.4, -0.2) is 10.1 Å². The molecule has 0 radical (unpaired) electrons. The van der Waals surface area contributed by atoms with Gasteiger partial charge < -0.3 is 5.11 Å². The van der Waals surface area contributed by atoms with Crippen molar-refractivity contribution in [2.45, 2.75) is 20.3 Å². The van der Waals surface area contributed by atoms with Crippen molar-refractivity contribution in [2.75, 3.05) is 0 Å². The third-order valence-electron chi connectivity index (χ3n) is 1.55. The molecule has 1 aromatic rings. The van der Waals surface area contributed by atoms with E-state index in [9.17, 15) is 5.11 Å². The van der Waals surface area contributed by atoms with Gasteiger partial charge in [-0.3, -0.25) is 4.98 Å². The van der Waals surface area contributed by atoms with Crippen LogP contribution in [0.5, 0.6) is 5.75 Å². The highest BCUT2D eigenvalue weighted by molar-refractivity contribution is 6.31. The number of aromatic nitrogens is 1. The fourth-order valence-corrected chi connectivity index (χ4v) is 1.15. The summed E-state index contributed by atoms with van der Waals surface area (Å²) in [6.07, 6.45) is 0.792. The molecule has 0 aliphatic carbocycles. The molecule has 1 heterocycles. The van der Waals surface area contributed by atoms with Gasteiger partial charge in [0.1, 0.15) is 5.75 Å². The molecule has 0 saturated carbocycles. The molecule has 60 valence electrons. The second-order valence-electron chi connectivity index (χ2n) is 2.37. The standard InChI is InChI=1S/C8H10ClNO/c1-3-7-6(9)4-8(11)5(2)10-7/h4,11H,3H2,1-2H3. The van der Waals surface area contributed by atoms with Crippen molar-refractivity contribution in [2.24, 2.45) is 0 Å². The number of rotatable bonds is 1. The zero-order valence-electron chi connectivity index (χ0n) is 6.56. The van der Waals surface area contributed by atoms with E-state index in [0.717, 1.165) is 12.1 Å². The van der Waals surface area contributed by atoms with Gasteiger partial charge in [0.25, 0.3) is 0 Å². The molecule has 11 heavy (non-hydrogen) atoms. The molecule has 0 aliphatic rings. The topological polar surface area (TPSA) is 33.1 Å². The van der Waals surface area contributed by atoms with Gasteiger partial charge in [0.2, 0.25) is 0 Å². The molecule has 3 heteroatoms. The maximum absolute atomic E-state index is 9.17. The number of aryl methyl sites for hydroxylation is 2. The number of hydrogen-bond donors (Lipinski definition) is 1. The average Bonchev–Trinajstić information content (AvgIpc) is 1.97. The van der Waals surface area contributed by atoms with Crippen molar-refractivity contribution in [1.82, 2.24) is 4.98 Å². The lowest BCUT2D eigenvalue weighted by atomic mass is 10.2. The molecule has 1 N–H and O–H groups in total. The quantitative estimate of drug-likeness (QED) is 0.704. The molecule has 0 amide bonds. The number of pyridine rings is 1. The van der Waals surface area contributed by atoms with Crippen molar-refractivity contribution < 1.29 is 5.11 Å². The molecule has 2 nitrogen and oxygen atoms in total. The first-order valence-electron chi connectivity index (χ1n) is 3.50. The number of hydrogen-bond acceptors (Lipinski definition) is 2. The summed E-state index contributed by atoms with van der Waals surface area (Å²) in [6, 6.07) is 1.53. The Morgan fingerprint density at radius 1 is 1.64 bits per heavy atom. The van der Waals surface area contributed by atoms with E-state index in [1.165, 1.54) is 6.07 Å². The highest BCUT2D eigenvalue weighted by Crippen LogP contribution is 2.22. The van der Waals surface area contributed by atoms with E-state index in [1.54, 1.807) is 6.92 Å². The first-order valence-corrected chi connectivity index (χ1v) is 3.88. The lowest BCUT2D eigenvalue weighted by Gasteiger charge is -2.02. The third kappa shape index (κ3) is 1.63. The summed E-state index contributed by atoms with van der Waals surface area (Å²) in [4.78, 5) is 4.11. The maximum Gasteiger partial charge on any atom is 0.138 e. The molecular weight excluding hydrogens is 162 g/mol. The molecule has 0 atom stereocenters. The molecule has 0 saturated heterocycles. The van der Waals surface area contributed by atoms with E-state index in [4.69, 9.17) is 11.6 Å². The van der Waals surface area contributed by atoms with Crippen LogP contribution in [0.1, 0.15) is 18.3 Å². The Bertz CT molecular complexity index is 273. The van der Waals surface area contributed by atoms with Gasteiger partial charge in [-0.1, -0.05) is 18.5 Å². The second kappa shape index (κ2) is 3.09. The third-order valence-corrected chi connectivity index (χ3v) is 1.87. The van der Waals surface area contributed by atoms with Crippen LogP contribution in [0.4, 0.5) is 0 Å². The van der Waals surface area contributed by atoms with Gasteiger partial charge in [0.05, 0.1) is 16.4 Å². The van der Waals surface area contributed by atoms with Gasteiger partial charge >= 0.3 is 0 Å². The van der Waals surface area contributed by atoms with E-state index in [-0.39, 0.29) is 5.75 Å². The van der Waals surface area contributed by atoms with Crippen LogP contribution >= 0.6 is 11.6 Å². The molecule has 0 unspecified atom stereocenters. The Morgan fingerprint density at radius 3 is 2.82 bits per heavy atom. The number of halogens is 1. The van der Waals surface area contributed by atoms with Gasteiger partial charge in [-0.15, -0.1) is 0 Å². The smallest absolute Gasteiger partial charge is 0.138 e. The predicted octanol–water partition coefficient (Wildman–Crippen LogP) is 2.31. The van der Waals surface area contributed by atoms with E-state index >= 15 is 0 Å². The SMILES string of the molecule is CCc1nc(C)c(O)cc1Cl. The summed E-state index contributed by atoms with van der Waals surface area (Å²) in [6.45, 7) is 3.73. The Kier molecular flexibility index (Phi) is 2.35. The predicted molar refractivity (Wildman–Crippen MR) is 45.0 cm³/mol. The molecule has 0 fully saturated rings. The van der Waals surface area contributed by atoms with E-state index in [2.05, 4.69) is 4.98 Å². The van der Waals surface area contributed by atoms with Crippen LogP contribution in [0.15, 0.2) is 6.07 Å². The van der Waals surface area contributed by atoms with Gasteiger partial charge in [-0.2, -0.15) is 0 Å². The Labute approximate surface area is 70.8 Å². The molecule has 1 rings (SSSR count). The second-order valence-corrected chi connectivity index (χ2v) is 2.78. The van der Waals surface area contributed by atoms with Crippen LogP contribution < -0.4 is 0 Å². The maximum atomic E-state index is 9.17. The Balaban J connectivity index is 3.21. The lowest BCUT2D eigenvalue weighted by Crippen LogP contribution is -1.91. The van der Waals surface area contributed by atoms with Crippen LogP contribution in [0, 0.1) is 6.92 Å². The summed E-state index contributed by atoms with van der Waals surface area (Å²) >= 11 is 5.78. The molecule has 0 aromatic carbocycles. The molecular formula is C8H10ClNO. The molecule has 0 spiro atoms. The van der Waals surface area contributed by atoms with Crippen LogP contribution in [-0.2, 0) is 6.42 Å².